The van der Waals surface area contributed by atoms with E-state index in [1.54, 1.807) is 0 Å². The second-order valence-electron chi connectivity index (χ2n) is 5.12. The van der Waals surface area contributed by atoms with E-state index in [0.717, 1.165) is 54.9 Å². The summed E-state index contributed by atoms with van der Waals surface area (Å²) in [7, 11) is 0. The van der Waals surface area contributed by atoms with E-state index in [9.17, 15) is 0 Å². The van der Waals surface area contributed by atoms with Gasteiger partial charge in [-0.05, 0) is 35.7 Å². The topological polar surface area (TPSA) is 44.5 Å². The van der Waals surface area contributed by atoms with E-state index >= 15 is 0 Å². The minimum absolute atomic E-state index is 0.226. The van der Waals surface area contributed by atoms with Gasteiger partial charge in [0.1, 0.15) is 11.5 Å². The van der Waals surface area contributed by atoms with Crippen LogP contribution in [0.1, 0.15) is 30.0 Å². The minimum atomic E-state index is 0.226. The average Bonchev–Trinajstić information content (AvgIpc) is 2.95. The van der Waals surface area contributed by atoms with Gasteiger partial charge in [0.15, 0.2) is 0 Å². The van der Waals surface area contributed by atoms with Crippen molar-refractivity contribution in [1.82, 2.24) is 0 Å². The van der Waals surface area contributed by atoms with Crippen LogP contribution in [-0.4, -0.2) is 19.3 Å². The Morgan fingerprint density at radius 1 is 1.17 bits per heavy atom. The average molecular weight is 312 g/mol. The molecule has 0 bridgehead atoms. The Bertz CT molecular complexity index is 450. The summed E-state index contributed by atoms with van der Waals surface area (Å²) in [5.41, 5.74) is 9.80. The Labute approximate surface area is 116 Å². The molecule has 1 atom stereocenters. The van der Waals surface area contributed by atoms with Crippen molar-refractivity contribution >= 4 is 15.9 Å². The molecule has 2 heterocycles. The van der Waals surface area contributed by atoms with Crippen LogP contribution in [0.2, 0.25) is 0 Å². The summed E-state index contributed by atoms with van der Waals surface area (Å²) in [5.74, 6) is 2.13. The van der Waals surface area contributed by atoms with Crippen molar-refractivity contribution in [3.8, 4) is 11.5 Å². The van der Waals surface area contributed by atoms with Crippen LogP contribution < -0.4 is 15.2 Å². The van der Waals surface area contributed by atoms with Gasteiger partial charge in [-0.15, -0.1) is 0 Å². The molecule has 2 N–H and O–H groups in total. The lowest BCUT2D eigenvalue weighted by atomic mass is 9.95. The van der Waals surface area contributed by atoms with E-state index in [4.69, 9.17) is 15.2 Å². The fourth-order valence-corrected chi connectivity index (χ4v) is 3.52. The highest BCUT2D eigenvalue weighted by molar-refractivity contribution is 9.10. The summed E-state index contributed by atoms with van der Waals surface area (Å²) in [5, 5.41) is 0. The fourth-order valence-electron chi connectivity index (χ4n) is 2.78. The zero-order valence-corrected chi connectivity index (χ0v) is 12.2. The van der Waals surface area contributed by atoms with Crippen molar-refractivity contribution in [2.45, 2.75) is 38.6 Å². The Kier molecular flexibility index (Phi) is 3.24. The van der Waals surface area contributed by atoms with Crippen LogP contribution in [0.5, 0.6) is 11.5 Å². The van der Waals surface area contributed by atoms with Gasteiger partial charge in [0.05, 0.1) is 17.7 Å². The van der Waals surface area contributed by atoms with Crippen LogP contribution >= 0.6 is 15.9 Å². The summed E-state index contributed by atoms with van der Waals surface area (Å²) < 4.78 is 12.7. The molecule has 1 unspecified atom stereocenters. The van der Waals surface area contributed by atoms with Gasteiger partial charge in [-0.1, -0.05) is 0 Å². The van der Waals surface area contributed by atoms with Crippen molar-refractivity contribution in [2.24, 2.45) is 5.73 Å². The number of benzene rings is 1. The molecule has 98 valence electrons. The van der Waals surface area contributed by atoms with Gasteiger partial charge in [-0.2, -0.15) is 0 Å². The molecular formula is C14H18BrNO2. The number of halogens is 1. The summed E-state index contributed by atoms with van der Waals surface area (Å²) in [4.78, 5) is 0. The molecule has 0 aliphatic carbocycles. The molecule has 18 heavy (non-hydrogen) atoms. The third kappa shape index (κ3) is 1.91. The largest absolute Gasteiger partial charge is 0.493 e. The van der Waals surface area contributed by atoms with E-state index in [1.807, 2.05) is 0 Å². The normalized spacial score (nSPS) is 17.9. The lowest BCUT2D eigenvalue weighted by molar-refractivity contribution is 0.352. The van der Waals surface area contributed by atoms with Gasteiger partial charge in [0.25, 0.3) is 0 Å². The molecule has 1 aromatic rings. The first-order chi connectivity index (χ1) is 8.68. The Morgan fingerprint density at radius 2 is 1.83 bits per heavy atom. The maximum Gasteiger partial charge on any atom is 0.137 e. The van der Waals surface area contributed by atoms with Gasteiger partial charge in [0.2, 0.25) is 0 Å². The molecule has 0 radical (unpaired) electrons. The van der Waals surface area contributed by atoms with Crippen molar-refractivity contribution < 1.29 is 9.47 Å². The highest BCUT2D eigenvalue weighted by atomic mass is 79.9. The van der Waals surface area contributed by atoms with Crippen molar-refractivity contribution in [3.63, 3.8) is 0 Å². The van der Waals surface area contributed by atoms with Crippen molar-refractivity contribution in [3.05, 3.63) is 21.2 Å². The second kappa shape index (κ2) is 4.74. The van der Waals surface area contributed by atoms with Crippen LogP contribution in [0.3, 0.4) is 0 Å². The molecule has 0 fully saturated rings. The van der Waals surface area contributed by atoms with Crippen LogP contribution in [0.15, 0.2) is 4.47 Å². The first-order valence-corrected chi connectivity index (χ1v) is 7.35. The van der Waals surface area contributed by atoms with Gasteiger partial charge >= 0.3 is 0 Å². The van der Waals surface area contributed by atoms with Gasteiger partial charge in [-0.3, -0.25) is 0 Å². The van der Waals surface area contributed by atoms with Crippen molar-refractivity contribution in [1.29, 1.82) is 0 Å². The lowest BCUT2D eigenvalue weighted by Crippen LogP contribution is -2.16. The number of fused-ring (bicyclic) bond motifs is 2. The molecule has 2 aliphatic rings. The molecule has 4 heteroatoms. The summed E-state index contributed by atoms with van der Waals surface area (Å²) >= 11 is 3.67. The first kappa shape index (κ1) is 12.3. The molecule has 1 aromatic carbocycles. The van der Waals surface area contributed by atoms with Crippen molar-refractivity contribution in [2.75, 3.05) is 13.2 Å². The molecule has 3 nitrogen and oxygen atoms in total. The first-order valence-electron chi connectivity index (χ1n) is 6.55. The smallest absolute Gasteiger partial charge is 0.137 e. The molecule has 3 rings (SSSR count). The maximum absolute atomic E-state index is 5.88. The third-order valence-corrected chi connectivity index (χ3v) is 4.54. The monoisotopic (exact) mass is 311 g/mol. The molecule has 0 spiro atoms. The van der Waals surface area contributed by atoms with Crippen LogP contribution in [0, 0.1) is 0 Å². The Morgan fingerprint density at radius 3 is 2.56 bits per heavy atom. The molecule has 0 aromatic heterocycles. The maximum atomic E-state index is 5.88. The number of nitrogens with two attached hydrogens (primary N) is 1. The van der Waals surface area contributed by atoms with E-state index in [0.29, 0.717) is 0 Å². The molecule has 2 aliphatic heterocycles. The zero-order chi connectivity index (χ0) is 12.7. The number of hydrogen-bond donors (Lipinski definition) is 1. The van der Waals surface area contributed by atoms with E-state index < -0.39 is 0 Å². The van der Waals surface area contributed by atoms with Crippen LogP contribution in [0.4, 0.5) is 0 Å². The number of hydrogen-bond acceptors (Lipinski definition) is 3. The molecule has 0 saturated carbocycles. The molecule has 0 amide bonds. The zero-order valence-electron chi connectivity index (χ0n) is 10.6. The third-order valence-electron chi connectivity index (χ3n) is 3.70. The second-order valence-corrected chi connectivity index (χ2v) is 5.91. The standard InChI is InChI=1S/C14H18BrNO2/c1-8(16)2-3-9-10-4-6-18-14(10)12(15)11-5-7-17-13(9)11/h8H,2-7,16H2,1H3. The van der Waals surface area contributed by atoms with Gasteiger partial charge in [0, 0.05) is 35.6 Å². The van der Waals surface area contributed by atoms with Gasteiger partial charge < -0.3 is 15.2 Å². The fraction of sp³-hybridized carbons (Fsp3) is 0.571. The van der Waals surface area contributed by atoms with Crippen LogP contribution in [0.25, 0.3) is 0 Å². The summed E-state index contributed by atoms with van der Waals surface area (Å²) in [6.45, 7) is 3.61. The minimum Gasteiger partial charge on any atom is -0.493 e. The molecule has 0 saturated heterocycles. The summed E-state index contributed by atoms with van der Waals surface area (Å²) in [6, 6.07) is 0.226. The Hall–Kier alpha value is -0.740. The lowest BCUT2D eigenvalue weighted by Gasteiger charge is -2.15. The summed E-state index contributed by atoms with van der Waals surface area (Å²) in [6.07, 6.45) is 3.93. The van der Waals surface area contributed by atoms with Crippen LogP contribution in [-0.2, 0) is 19.3 Å². The van der Waals surface area contributed by atoms with E-state index in [2.05, 4.69) is 22.9 Å². The predicted molar refractivity (Wildman–Crippen MR) is 74.5 cm³/mol. The SMILES string of the molecule is CC(N)CCc1c2c(c(Br)c3c1OCC3)OCC2. The highest BCUT2D eigenvalue weighted by Gasteiger charge is 2.30. The van der Waals surface area contributed by atoms with E-state index in [-0.39, 0.29) is 6.04 Å². The number of ether oxygens (including phenoxy) is 2. The Balaban J connectivity index is 2.06. The van der Waals surface area contributed by atoms with E-state index in [1.165, 1.54) is 16.7 Å². The van der Waals surface area contributed by atoms with Gasteiger partial charge in [-0.25, -0.2) is 0 Å². The predicted octanol–water partition coefficient (Wildman–Crippen LogP) is 2.60. The molecular weight excluding hydrogens is 294 g/mol. The quantitative estimate of drug-likeness (QED) is 0.933. The highest BCUT2D eigenvalue weighted by Crippen LogP contribution is 2.47. The number of rotatable bonds is 3.